The number of aromatic nitrogens is 2. The lowest BCUT2D eigenvalue weighted by Crippen LogP contribution is -2.10. The van der Waals surface area contributed by atoms with Crippen LogP contribution < -0.4 is 4.74 Å². The molecule has 0 unspecified atom stereocenters. The predicted octanol–water partition coefficient (Wildman–Crippen LogP) is 2.18. The molecule has 0 amide bonds. The van der Waals surface area contributed by atoms with Gasteiger partial charge in [-0.15, -0.1) is 0 Å². The van der Waals surface area contributed by atoms with E-state index in [0.717, 1.165) is 21.8 Å². The highest BCUT2D eigenvalue weighted by Gasteiger charge is 2.10. The molecule has 0 radical (unpaired) electrons. The van der Waals surface area contributed by atoms with Crippen LogP contribution in [-0.2, 0) is 4.79 Å². The molecule has 3 rings (SSSR count). The van der Waals surface area contributed by atoms with Gasteiger partial charge >= 0.3 is 5.97 Å². The van der Waals surface area contributed by atoms with Gasteiger partial charge in [0, 0.05) is 22.5 Å². The number of benzene rings is 1. The number of H-pyrrole nitrogens is 1. The van der Waals surface area contributed by atoms with Crippen LogP contribution in [0.2, 0.25) is 0 Å². The standard InChI is InChI=1S/C13H10N2O3/c16-11(17)7-18-13-12-9(5-6-14-13)8-3-1-2-4-10(8)15-12/h1-6,15H,7H2,(H,16,17). The average molecular weight is 242 g/mol. The van der Waals surface area contributed by atoms with Crippen molar-refractivity contribution in [3.05, 3.63) is 36.5 Å². The summed E-state index contributed by atoms with van der Waals surface area (Å²) in [5.41, 5.74) is 1.70. The van der Waals surface area contributed by atoms with Gasteiger partial charge in [0.2, 0.25) is 5.88 Å². The lowest BCUT2D eigenvalue weighted by molar-refractivity contribution is -0.139. The number of hydrogen-bond donors (Lipinski definition) is 2. The van der Waals surface area contributed by atoms with Crippen molar-refractivity contribution in [1.29, 1.82) is 0 Å². The summed E-state index contributed by atoms with van der Waals surface area (Å²) in [7, 11) is 0. The van der Waals surface area contributed by atoms with E-state index in [1.165, 1.54) is 0 Å². The van der Waals surface area contributed by atoms with E-state index in [9.17, 15) is 4.79 Å². The molecule has 18 heavy (non-hydrogen) atoms. The van der Waals surface area contributed by atoms with Crippen molar-refractivity contribution in [3.8, 4) is 5.88 Å². The number of hydrogen-bond acceptors (Lipinski definition) is 3. The second kappa shape index (κ2) is 4.03. The van der Waals surface area contributed by atoms with Crippen molar-refractivity contribution < 1.29 is 14.6 Å². The van der Waals surface area contributed by atoms with E-state index < -0.39 is 12.6 Å². The number of aromatic amines is 1. The molecule has 0 aliphatic rings. The highest BCUT2D eigenvalue weighted by molar-refractivity contribution is 6.08. The number of carbonyl (C=O) groups is 1. The fourth-order valence-corrected chi connectivity index (χ4v) is 1.99. The summed E-state index contributed by atoms with van der Waals surface area (Å²) in [5.74, 6) is -0.712. The third-order valence-electron chi connectivity index (χ3n) is 2.73. The third-order valence-corrected chi connectivity index (χ3v) is 2.73. The van der Waals surface area contributed by atoms with E-state index in [0.29, 0.717) is 5.88 Å². The van der Waals surface area contributed by atoms with Crippen LogP contribution in [-0.4, -0.2) is 27.7 Å². The van der Waals surface area contributed by atoms with Gasteiger partial charge in [-0.05, 0) is 12.1 Å². The predicted molar refractivity (Wildman–Crippen MR) is 66.7 cm³/mol. The first kappa shape index (κ1) is 10.6. The quantitative estimate of drug-likeness (QED) is 0.738. The zero-order valence-corrected chi connectivity index (χ0v) is 9.38. The number of rotatable bonds is 3. The van der Waals surface area contributed by atoms with Gasteiger partial charge in [-0.3, -0.25) is 0 Å². The maximum absolute atomic E-state index is 10.5. The number of carboxylic acid groups (broad SMARTS) is 1. The molecule has 0 saturated carbocycles. The van der Waals surface area contributed by atoms with Crippen LogP contribution in [0.4, 0.5) is 0 Å². The van der Waals surface area contributed by atoms with Gasteiger partial charge in [-0.25, -0.2) is 9.78 Å². The summed E-state index contributed by atoms with van der Waals surface area (Å²) < 4.78 is 5.17. The monoisotopic (exact) mass is 242 g/mol. The fraction of sp³-hybridized carbons (Fsp3) is 0.0769. The van der Waals surface area contributed by atoms with Crippen molar-refractivity contribution >= 4 is 27.8 Å². The second-order valence-electron chi connectivity index (χ2n) is 3.89. The minimum atomic E-state index is -1.02. The van der Waals surface area contributed by atoms with Crippen molar-refractivity contribution in [3.63, 3.8) is 0 Å². The molecule has 0 aliphatic heterocycles. The van der Waals surface area contributed by atoms with Crippen molar-refractivity contribution in [2.75, 3.05) is 6.61 Å². The molecule has 2 aromatic heterocycles. The van der Waals surface area contributed by atoms with Crippen LogP contribution in [0.15, 0.2) is 36.5 Å². The molecule has 0 fully saturated rings. The first-order chi connectivity index (χ1) is 8.75. The molecule has 5 nitrogen and oxygen atoms in total. The number of nitrogens with one attached hydrogen (secondary N) is 1. The molecule has 90 valence electrons. The number of nitrogens with zero attached hydrogens (tertiary/aromatic N) is 1. The van der Waals surface area contributed by atoms with Gasteiger partial charge in [0.25, 0.3) is 0 Å². The van der Waals surface area contributed by atoms with Crippen molar-refractivity contribution in [2.24, 2.45) is 0 Å². The Morgan fingerprint density at radius 3 is 2.94 bits per heavy atom. The zero-order chi connectivity index (χ0) is 12.5. The lowest BCUT2D eigenvalue weighted by atomic mass is 10.2. The Morgan fingerprint density at radius 1 is 1.28 bits per heavy atom. The average Bonchev–Trinajstić information content (AvgIpc) is 2.75. The largest absolute Gasteiger partial charge is 0.479 e. The van der Waals surface area contributed by atoms with Gasteiger partial charge in [-0.1, -0.05) is 18.2 Å². The van der Waals surface area contributed by atoms with Crippen LogP contribution in [0.25, 0.3) is 21.8 Å². The molecule has 2 N–H and O–H groups in total. The Kier molecular flexibility index (Phi) is 2.37. The summed E-state index contributed by atoms with van der Waals surface area (Å²) in [4.78, 5) is 17.8. The van der Waals surface area contributed by atoms with Crippen LogP contribution >= 0.6 is 0 Å². The Labute approximate surface area is 102 Å². The van der Waals surface area contributed by atoms with E-state index in [2.05, 4.69) is 9.97 Å². The Morgan fingerprint density at radius 2 is 2.11 bits per heavy atom. The maximum Gasteiger partial charge on any atom is 0.341 e. The van der Waals surface area contributed by atoms with Crippen LogP contribution in [0.1, 0.15) is 0 Å². The van der Waals surface area contributed by atoms with E-state index >= 15 is 0 Å². The van der Waals surface area contributed by atoms with E-state index in [1.807, 2.05) is 30.3 Å². The number of pyridine rings is 1. The number of fused-ring (bicyclic) bond motifs is 3. The molecule has 5 heteroatoms. The van der Waals surface area contributed by atoms with Gasteiger partial charge in [0.05, 0.1) is 0 Å². The molecule has 1 aromatic carbocycles. The minimum absolute atomic E-state index is 0.311. The fourth-order valence-electron chi connectivity index (χ4n) is 1.99. The van der Waals surface area contributed by atoms with Crippen LogP contribution in [0.3, 0.4) is 0 Å². The van der Waals surface area contributed by atoms with E-state index in [-0.39, 0.29) is 0 Å². The Hall–Kier alpha value is -2.56. The van der Waals surface area contributed by atoms with Crippen LogP contribution in [0, 0.1) is 0 Å². The molecular formula is C13H10N2O3. The van der Waals surface area contributed by atoms with Crippen LogP contribution in [0.5, 0.6) is 5.88 Å². The number of para-hydroxylation sites is 1. The molecular weight excluding hydrogens is 232 g/mol. The van der Waals surface area contributed by atoms with Crippen molar-refractivity contribution in [2.45, 2.75) is 0 Å². The first-order valence-corrected chi connectivity index (χ1v) is 5.46. The minimum Gasteiger partial charge on any atom is -0.479 e. The zero-order valence-electron chi connectivity index (χ0n) is 9.38. The second-order valence-corrected chi connectivity index (χ2v) is 3.89. The Bertz CT molecular complexity index is 733. The number of ether oxygens (including phenoxy) is 1. The van der Waals surface area contributed by atoms with Gasteiger partial charge in [-0.2, -0.15) is 0 Å². The molecule has 0 spiro atoms. The molecule has 0 saturated heterocycles. The summed E-state index contributed by atoms with van der Waals surface area (Å²) in [6.45, 7) is -0.401. The SMILES string of the molecule is O=C(O)COc1nccc2c1[nH]c1ccccc12. The van der Waals surface area contributed by atoms with Gasteiger partial charge in [0.1, 0.15) is 5.52 Å². The maximum atomic E-state index is 10.5. The number of aliphatic carboxylic acids is 1. The topological polar surface area (TPSA) is 75.2 Å². The highest BCUT2D eigenvalue weighted by atomic mass is 16.5. The van der Waals surface area contributed by atoms with E-state index in [4.69, 9.17) is 9.84 Å². The molecule has 0 aliphatic carbocycles. The van der Waals surface area contributed by atoms with Gasteiger partial charge < -0.3 is 14.8 Å². The smallest absolute Gasteiger partial charge is 0.341 e. The highest BCUT2D eigenvalue weighted by Crippen LogP contribution is 2.29. The van der Waals surface area contributed by atoms with E-state index in [1.54, 1.807) is 6.20 Å². The summed E-state index contributed by atoms with van der Waals surface area (Å²) >= 11 is 0. The third kappa shape index (κ3) is 1.66. The lowest BCUT2D eigenvalue weighted by Gasteiger charge is -2.02. The van der Waals surface area contributed by atoms with Gasteiger partial charge in [0.15, 0.2) is 6.61 Å². The normalized spacial score (nSPS) is 10.9. The first-order valence-electron chi connectivity index (χ1n) is 5.46. The molecule has 3 aromatic rings. The van der Waals surface area contributed by atoms with Crippen molar-refractivity contribution in [1.82, 2.24) is 9.97 Å². The molecule has 0 bridgehead atoms. The summed E-state index contributed by atoms with van der Waals surface area (Å²) in [6.07, 6.45) is 1.61. The Balaban J connectivity index is 2.18. The summed E-state index contributed by atoms with van der Waals surface area (Å²) in [6, 6.07) is 9.71. The summed E-state index contributed by atoms with van der Waals surface area (Å²) in [5, 5.41) is 10.7. The molecule has 2 heterocycles. The number of carboxylic acids is 1. The molecule has 0 atom stereocenters.